The Bertz CT molecular complexity index is 1140. The largest absolute Gasteiger partial charge is 0.0599 e. The Labute approximate surface area is 300 Å². The van der Waals surface area contributed by atoms with Gasteiger partial charge in [-0.05, 0) is 186 Å². The minimum Gasteiger partial charge on any atom is -0.0599 e. The first-order valence-corrected chi connectivity index (χ1v) is 22.2. The average molecular weight is 659 g/mol. The van der Waals surface area contributed by atoms with Gasteiger partial charge in [0.15, 0.2) is 0 Å². The topological polar surface area (TPSA) is 0 Å². The number of hydrogen-bond acceptors (Lipinski definition) is 0. The monoisotopic (exact) mass is 659 g/mol. The van der Waals surface area contributed by atoms with Gasteiger partial charge >= 0.3 is 0 Å². The van der Waals surface area contributed by atoms with Gasteiger partial charge in [-0.1, -0.05) is 115 Å². The van der Waals surface area contributed by atoms with Crippen LogP contribution < -0.4 is 0 Å². The zero-order chi connectivity index (χ0) is 34.4. The first-order valence-electron chi connectivity index (χ1n) is 22.2. The Morgan fingerprint density at radius 1 is 0.417 bits per heavy atom. The van der Waals surface area contributed by atoms with Gasteiger partial charge in [0.2, 0.25) is 0 Å². The number of fused-ring (bicyclic) bond motifs is 6. The highest BCUT2D eigenvalue weighted by Crippen LogP contribution is 2.76. The van der Waals surface area contributed by atoms with Gasteiger partial charge in [0.25, 0.3) is 0 Å². The normalized spacial score (nSPS) is 52.1. The maximum absolute atomic E-state index is 3.01. The van der Waals surface area contributed by atoms with Crippen molar-refractivity contribution in [1.82, 2.24) is 0 Å². The molecule has 12 unspecified atom stereocenters. The van der Waals surface area contributed by atoms with Gasteiger partial charge in [-0.2, -0.15) is 0 Å². The van der Waals surface area contributed by atoms with E-state index in [1.54, 1.807) is 57.8 Å². The third-order valence-electron chi connectivity index (χ3n) is 20.4. The summed E-state index contributed by atoms with van der Waals surface area (Å²) in [4.78, 5) is 0. The summed E-state index contributed by atoms with van der Waals surface area (Å²) >= 11 is 0. The predicted molar refractivity (Wildman–Crippen MR) is 205 cm³/mol. The summed E-state index contributed by atoms with van der Waals surface area (Å²) in [7, 11) is 0. The molecular formula is C48H82. The van der Waals surface area contributed by atoms with Gasteiger partial charge in [-0.3, -0.25) is 0 Å². The SMILES string of the molecule is CC(C)(C)C1CC2C(C1)C(C)(C1C3CC4C(CC3C3CC5C(CC31)C(C)(C)CCC5(C)C)C(C)(C)CCC4(C)C)C[C@@H]2C1CCCCC1. The molecule has 0 amide bonds. The van der Waals surface area contributed by atoms with Gasteiger partial charge in [-0.25, -0.2) is 0 Å². The summed E-state index contributed by atoms with van der Waals surface area (Å²) in [6.07, 6.45) is 24.6. The van der Waals surface area contributed by atoms with Gasteiger partial charge in [0.05, 0.1) is 0 Å². The van der Waals surface area contributed by atoms with Crippen molar-refractivity contribution in [2.45, 2.75) is 186 Å². The molecule has 0 aromatic rings. The molecule has 0 spiro atoms. The quantitative estimate of drug-likeness (QED) is 0.277. The minimum absolute atomic E-state index is 0.467. The fraction of sp³-hybridized carbons (Fsp3) is 1.00. The van der Waals surface area contributed by atoms with Gasteiger partial charge in [0, 0.05) is 0 Å². The number of rotatable bonds is 2. The van der Waals surface area contributed by atoms with Crippen molar-refractivity contribution in [2.24, 2.45) is 115 Å². The van der Waals surface area contributed by atoms with Crippen LogP contribution in [0.5, 0.6) is 0 Å². The summed E-state index contributed by atoms with van der Waals surface area (Å²) in [6, 6.07) is 0. The fourth-order valence-electron chi connectivity index (χ4n) is 17.4. The lowest BCUT2D eigenvalue weighted by molar-refractivity contribution is -0.0969. The van der Waals surface area contributed by atoms with Crippen LogP contribution in [-0.4, -0.2) is 0 Å². The van der Waals surface area contributed by atoms with Crippen molar-refractivity contribution in [3.63, 3.8) is 0 Å². The van der Waals surface area contributed by atoms with Crippen LogP contribution >= 0.6 is 0 Å². The zero-order valence-corrected chi connectivity index (χ0v) is 34.4. The van der Waals surface area contributed by atoms with Gasteiger partial charge < -0.3 is 0 Å². The molecule has 0 heteroatoms. The van der Waals surface area contributed by atoms with E-state index in [4.69, 9.17) is 0 Å². The third kappa shape index (κ3) is 5.27. The van der Waals surface area contributed by atoms with Crippen LogP contribution in [0.4, 0.5) is 0 Å². The smallest absolute Gasteiger partial charge is 0.0258 e. The van der Waals surface area contributed by atoms with Crippen molar-refractivity contribution in [1.29, 1.82) is 0 Å². The molecule has 274 valence electrons. The van der Waals surface area contributed by atoms with Crippen LogP contribution in [0.25, 0.3) is 0 Å². The van der Waals surface area contributed by atoms with Gasteiger partial charge in [-0.15, -0.1) is 0 Å². The molecule has 8 aliphatic carbocycles. The van der Waals surface area contributed by atoms with E-state index in [1.165, 1.54) is 44.9 Å². The molecule has 8 rings (SSSR count). The molecule has 0 saturated heterocycles. The summed E-state index contributed by atoms with van der Waals surface area (Å²) < 4.78 is 0. The molecule has 48 heavy (non-hydrogen) atoms. The Morgan fingerprint density at radius 3 is 1.25 bits per heavy atom. The minimum atomic E-state index is 0.467. The average Bonchev–Trinajstić information content (AvgIpc) is 3.68. The molecule has 0 aromatic carbocycles. The highest BCUT2D eigenvalue weighted by molar-refractivity contribution is 5.18. The predicted octanol–water partition coefficient (Wildman–Crippen LogP) is 14.1. The highest BCUT2D eigenvalue weighted by atomic mass is 14.7. The molecule has 0 aliphatic heterocycles. The summed E-state index contributed by atoms with van der Waals surface area (Å²) in [6.45, 7) is 32.5. The second kappa shape index (κ2) is 11.3. The standard InChI is InChI=1S/C48H82/c1-43(2,3)30-22-33-36(29-16-14-13-15-17-29)28-48(12,37(33)23-30)42-34-26-40-38(44(4,5)18-20-46(40,8)9)24-31(34)32-25-39-41(27-35(32)42)47(10,11)21-19-45(39,6)7/h29-42H,13-28H2,1-12H3/t30?,31?,32?,33?,34?,35?,36-,37?,38?,39?,40?,41?,42?,48?/m1/s1. The van der Waals surface area contributed by atoms with Crippen molar-refractivity contribution in [3.8, 4) is 0 Å². The molecule has 0 heterocycles. The van der Waals surface area contributed by atoms with Crippen LogP contribution in [0, 0.1) is 115 Å². The van der Waals surface area contributed by atoms with Crippen molar-refractivity contribution >= 4 is 0 Å². The van der Waals surface area contributed by atoms with Crippen LogP contribution in [0.3, 0.4) is 0 Å². The first-order chi connectivity index (χ1) is 22.2. The fourth-order valence-corrected chi connectivity index (χ4v) is 17.4. The Kier molecular flexibility index (Phi) is 8.22. The molecule has 0 bridgehead atoms. The van der Waals surface area contributed by atoms with Gasteiger partial charge in [0.1, 0.15) is 0 Å². The molecule has 0 radical (unpaired) electrons. The highest BCUT2D eigenvalue weighted by Gasteiger charge is 2.69. The maximum atomic E-state index is 3.01. The van der Waals surface area contributed by atoms with E-state index >= 15 is 0 Å². The van der Waals surface area contributed by atoms with E-state index in [0.29, 0.717) is 32.5 Å². The van der Waals surface area contributed by atoms with E-state index in [1.807, 2.05) is 0 Å². The second-order valence-electron chi connectivity index (χ2n) is 25.1. The first kappa shape index (κ1) is 35.1. The lowest BCUT2D eigenvalue weighted by atomic mass is 9.46. The summed E-state index contributed by atoms with van der Waals surface area (Å²) in [5, 5.41) is 0. The van der Waals surface area contributed by atoms with E-state index in [9.17, 15) is 0 Å². The van der Waals surface area contributed by atoms with Crippen LogP contribution in [0.1, 0.15) is 186 Å². The lowest BCUT2D eigenvalue weighted by Crippen LogP contribution is -2.51. The van der Waals surface area contributed by atoms with E-state index < -0.39 is 0 Å². The molecule has 0 nitrogen and oxygen atoms in total. The Balaban J connectivity index is 1.23. The molecule has 13 atom stereocenters. The molecular weight excluding hydrogens is 577 g/mol. The van der Waals surface area contributed by atoms with Crippen molar-refractivity contribution < 1.29 is 0 Å². The van der Waals surface area contributed by atoms with Crippen LogP contribution in [0.15, 0.2) is 0 Å². The molecule has 8 aliphatic rings. The maximum Gasteiger partial charge on any atom is -0.0258 e. The van der Waals surface area contributed by atoms with Crippen molar-refractivity contribution in [3.05, 3.63) is 0 Å². The summed E-state index contributed by atoms with van der Waals surface area (Å²) in [5.41, 5.74) is 3.14. The lowest BCUT2D eigenvalue weighted by Gasteiger charge is -2.59. The zero-order valence-electron chi connectivity index (χ0n) is 34.4. The van der Waals surface area contributed by atoms with Crippen LogP contribution in [0.2, 0.25) is 0 Å². The number of hydrogen-bond donors (Lipinski definition) is 0. The Hall–Kier alpha value is 0. The van der Waals surface area contributed by atoms with E-state index in [0.717, 1.165) is 82.9 Å². The van der Waals surface area contributed by atoms with E-state index in [-0.39, 0.29) is 0 Å². The Morgan fingerprint density at radius 2 is 0.833 bits per heavy atom. The molecule has 8 fully saturated rings. The summed E-state index contributed by atoms with van der Waals surface area (Å²) in [5.74, 6) is 13.9. The molecule has 8 saturated carbocycles. The third-order valence-corrected chi connectivity index (χ3v) is 20.4. The second-order valence-corrected chi connectivity index (χ2v) is 25.1. The van der Waals surface area contributed by atoms with Crippen LogP contribution in [-0.2, 0) is 0 Å². The molecule has 0 aromatic heterocycles. The van der Waals surface area contributed by atoms with Crippen molar-refractivity contribution in [2.75, 3.05) is 0 Å². The molecule has 0 N–H and O–H groups in total. The van der Waals surface area contributed by atoms with E-state index in [2.05, 4.69) is 83.1 Å².